The summed E-state index contributed by atoms with van der Waals surface area (Å²) in [6, 6.07) is 27.7. The number of nitrogens with zero attached hydrogens (tertiary/aromatic N) is 2. The standard InChI is InChI=1S/C23H26NO3.C19H31NO.BrH/c1-24(2)15-11-12-16(24)14-17(13-15)26-23(25)22-18-7-3-5-9-20(18)27-21-10-6-4-8-19(21)22;1-20(2)15-10-16-21-19(13-8-3-4-9-14-19)17-18-11-6-5-7-12-18;/h3-10,15-17,22H,11-14H2,1-2H3;5-7,11-12H,3-4,8-10,13-17H2,1-2H3;1H/q+1;;/p-1. The molecule has 2 saturated heterocycles. The van der Waals surface area contributed by atoms with Crippen LogP contribution in [0.1, 0.15) is 93.2 Å². The van der Waals surface area contributed by atoms with E-state index in [0.717, 1.165) is 65.9 Å². The molecule has 0 aromatic heterocycles. The number of carbonyl (C=O) groups is 1. The van der Waals surface area contributed by atoms with E-state index in [0.29, 0.717) is 12.1 Å². The Balaban J connectivity index is 0.000000194. The van der Waals surface area contributed by atoms with Crippen LogP contribution in [0.3, 0.4) is 0 Å². The molecule has 2 atom stereocenters. The van der Waals surface area contributed by atoms with E-state index in [4.69, 9.17) is 14.2 Å². The number of carbonyl (C=O) groups excluding carboxylic acids is 1. The molecule has 2 unspecified atom stereocenters. The van der Waals surface area contributed by atoms with Crippen LogP contribution in [-0.4, -0.2) is 80.5 Å². The Morgan fingerprint density at radius 3 is 1.94 bits per heavy atom. The number of esters is 1. The van der Waals surface area contributed by atoms with Gasteiger partial charge in [-0.2, -0.15) is 0 Å². The summed E-state index contributed by atoms with van der Waals surface area (Å²) in [6.07, 6.45) is 14.5. The fourth-order valence-corrected chi connectivity index (χ4v) is 8.71. The lowest BCUT2D eigenvalue weighted by Gasteiger charge is -2.44. The van der Waals surface area contributed by atoms with Gasteiger partial charge in [0.05, 0.1) is 31.8 Å². The number of hydrogen-bond donors (Lipinski definition) is 0. The van der Waals surface area contributed by atoms with Crippen molar-refractivity contribution in [1.82, 2.24) is 4.90 Å². The van der Waals surface area contributed by atoms with Crippen molar-refractivity contribution in [2.24, 2.45) is 0 Å². The first kappa shape index (κ1) is 37.5. The second-order valence-corrected chi connectivity index (χ2v) is 15.4. The minimum Gasteiger partial charge on any atom is -1.00 e. The van der Waals surface area contributed by atoms with Gasteiger partial charge in [0.1, 0.15) is 23.5 Å². The molecule has 1 aliphatic carbocycles. The molecule has 7 rings (SSSR count). The Morgan fingerprint density at radius 1 is 0.816 bits per heavy atom. The van der Waals surface area contributed by atoms with Gasteiger partial charge in [0.2, 0.25) is 0 Å². The van der Waals surface area contributed by atoms with Gasteiger partial charge in [0.25, 0.3) is 0 Å². The molecule has 3 fully saturated rings. The number of piperidine rings is 1. The van der Waals surface area contributed by atoms with Crippen molar-refractivity contribution in [1.29, 1.82) is 0 Å². The van der Waals surface area contributed by atoms with Crippen LogP contribution in [0.5, 0.6) is 11.5 Å². The van der Waals surface area contributed by atoms with E-state index in [1.807, 2.05) is 48.5 Å². The molecule has 1 saturated carbocycles. The number of benzene rings is 3. The van der Waals surface area contributed by atoms with Crippen LogP contribution in [0.4, 0.5) is 0 Å². The predicted octanol–water partition coefficient (Wildman–Crippen LogP) is 5.53. The fraction of sp³-hybridized carbons (Fsp3) is 0.548. The van der Waals surface area contributed by atoms with Crippen molar-refractivity contribution in [3.8, 4) is 11.5 Å². The largest absolute Gasteiger partial charge is 1.00 e. The number of hydrogen-bond acceptors (Lipinski definition) is 5. The highest BCUT2D eigenvalue weighted by Crippen LogP contribution is 2.46. The summed E-state index contributed by atoms with van der Waals surface area (Å²) in [5.74, 6) is 0.947. The Labute approximate surface area is 305 Å². The topological polar surface area (TPSA) is 48.0 Å². The van der Waals surface area contributed by atoms with Gasteiger partial charge in [-0.1, -0.05) is 92.4 Å². The smallest absolute Gasteiger partial charge is 0.318 e. The zero-order valence-electron chi connectivity index (χ0n) is 30.1. The van der Waals surface area contributed by atoms with E-state index >= 15 is 0 Å². The quantitative estimate of drug-likeness (QED) is 0.125. The summed E-state index contributed by atoms with van der Waals surface area (Å²) >= 11 is 0. The third-order valence-electron chi connectivity index (χ3n) is 11.5. The lowest BCUT2D eigenvalue weighted by molar-refractivity contribution is -0.931. The molecule has 4 aliphatic rings. The molecule has 3 aromatic rings. The highest BCUT2D eigenvalue weighted by molar-refractivity contribution is 5.85. The number of ether oxygens (including phenoxy) is 3. The Hall–Kier alpha value is -2.71. The molecule has 0 radical (unpaired) electrons. The van der Waals surface area contributed by atoms with Crippen LogP contribution in [0.15, 0.2) is 78.9 Å². The highest BCUT2D eigenvalue weighted by atomic mass is 79.9. The molecular weight excluding hydrogens is 676 g/mol. The maximum Gasteiger partial charge on any atom is 0.318 e. The number of para-hydroxylation sites is 2. The van der Waals surface area contributed by atoms with E-state index in [9.17, 15) is 4.79 Å². The van der Waals surface area contributed by atoms with Crippen LogP contribution in [-0.2, 0) is 20.7 Å². The first-order valence-electron chi connectivity index (χ1n) is 18.5. The fourth-order valence-electron chi connectivity index (χ4n) is 8.71. The zero-order valence-corrected chi connectivity index (χ0v) is 31.7. The summed E-state index contributed by atoms with van der Waals surface area (Å²) in [7, 11) is 8.91. The normalized spacial score (nSPS) is 23.4. The predicted molar refractivity (Wildman–Crippen MR) is 193 cm³/mol. The van der Waals surface area contributed by atoms with Crippen LogP contribution in [0.25, 0.3) is 0 Å². The van der Waals surface area contributed by atoms with Gasteiger partial charge in [-0.3, -0.25) is 4.79 Å². The van der Waals surface area contributed by atoms with Gasteiger partial charge in [0, 0.05) is 49.8 Å². The minimum atomic E-state index is -0.409. The van der Waals surface area contributed by atoms with Crippen molar-refractivity contribution < 1.29 is 40.5 Å². The molecule has 3 aliphatic heterocycles. The van der Waals surface area contributed by atoms with Gasteiger partial charge in [0.15, 0.2) is 0 Å². The van der Waals surface area contributed by atoms with Crippen LogP contribution < -0.4 is 21.7 Å². The first-order chi connectivity index (χ1) is 23.2. The molecule has 2 bridgehead atoms. The van der Waals surface area contributed by atoms with Crippen LogP contribution in [0.2, 0.25) is 0 Å². The molecule has 3 aromatic carbocycles. The molecule has 6 nitrogen and oxygen atoms in total. The van der Waals surface area contributed by atoms with Crippen molar-refractivity contribution in [2.45, 2.75) is 107 Å². The minimum absolute atomic E-state index is 0. The summed E-state index contributed by atoms with van der Waals surface area (Å²) in [5, 5.41) is 0. The van der Waals surface area contributed by atoms with Gasteiger partial charge in [-0.25, -0.2) is 0 Å². The molecule has 3 heterocycles. The van der Waals surface area contributed by atoms with Gasteiger partial charge < -0.3 is 40.6 Å². The van der Waals surface area contributed by atoms with Gasteiger partial charge in [-0.05, 0) is 57.6 Å². The van der Waals surface area contributed by atoms with Crippen LogP contribution >= 0.6 is 0 Å². The summed E-state index contributed by atoms with van der Waals surface area (Å²) in [4.78, 5) is 15.5. The number of rotatable bonds is 9. The lowest BCUT2D eigenvalue weighted by atomic mass is 9.87. The first-order valence-corrected chi connectivity index (χ1v) is 18.5. The average Bonchev–Trinajstić information content (AvgIpc) is 3.29. The third kappa shape index (κ3) is 9.15. The van der Waals surface area contributed by atoms with E-state index in [2.05, 4.69) is 63.4 Å². The van der Waals surface area contributed by atoms with E-state index in [-0.39, 0.29) is 34.7 Å². The Morgan fingerprint density at radius 2 is 1.37 bits per heavy atom. The Kier molecular flexibility index (Phi) is 13.0. The van der Waals surface area contributed by atoms with Crippen molar-refractivity contribution >= 4 is 5.97 Å². The van der Waals surface area contributed by atoms with Crippen molar-refractivity contribution in [3.63, 3.8) is 0 Å². The van der Waals surface area contributed by atoms with Gasteiger partial charge >= 0.3 is 5.97 Å². The number of quaternary nitrogens is 1. The molecular formula is C42H57BrN2O4. The molecule has 49 heavy (non-hydrogen) atoms. The monoisotopic (exact) mass is 732 g/mol. The summed E-state index contributed by atoms with van der Waals surface area (Å²) < 4.78 is 19.7. The van der Waals surface area contributed by atoms with Crippen LogP contribution in [0, 0.1) is 0 Å². The second-order valence-electron chi connectivity index (χ2n) is 15.4. The Bertz CT molecular complexity index is 1430. The summed E-state index contributed by atoms with van der Waals surface area (Å²) in [5.41, 5.74) is 3.31. The second kappa shape index (κ2) is 17.0. The highest BCUT2D eigenvalue weighted by Gasteiger charge is 2.50. The summed E-state index contributed by atoms with van der Waals surface area (Å²) in [6.45, 7) is 2.01. The SMILES string of the molecule is CN(C)CCCOC1(Cc2ccccc2)CCCCCC1.C[N+]1(C)C2CCC1CC(OC(=O)C1c3ccccc3Oc3ccccc31)C2.[Br-]. The number of halogens is 1. The van der Waals surface area contributed by atoms with Crippen molar-refractivity contribution in [2.75, 3.05) is 41.3 Å². The number of fused-ring (bicyclic) bond motifs is 4. The van der Waals surface area contributed by atoms with E-state index in [1.165, 1.54) is 56.9 Å². The molecule has 0 N–H and O–H groups in total. The van der Waals surface area contributed by atoms with E-state index in [1.54, 1.807) is 0 Å². The van der Waals surface area contributed by atoms with Crippen molar-refractivity contribution in [3.05, 3.63) is 95.6 Å². The molecule has 0 amide bonds. The van der Waals surface area contributed by atoms with E-state index < -0.39 is 5.92 Å². The van der Waals surface area contributed by atoms with Gasteiger partial charge in [-0.15, -0.1) is 0 Å². The zero-order chi connectivity index (χ0) is 33.6. The average molecular weight is 734 g/mol. The lowest BCUT2D eigenvalue weighted by Crippen LogP contribution is -3.00. The maximum atomic E-state index is 13.3. The maximum absolute atomic E-state index is 13.3. The molecule has 0 spiro atoms. The third-order valence-corrected chi connectivity index (χ3v) is 11.5. The molecule has 266 valence electrons. The molecule has 7 heteroatoms.